The van der Waals surface area contributed by atoms with E-state index in [9.17, 15) is 9.90 Å². The van der Waals surface area contributed by atoms with Gasteiger partial charge in [0.15, 0.2) is 5.96 Å². The number of hydrogen-bond acceptors (Lipinski definition) is 4. The highest BCUT2D eigenvalue weighted by Crippen LogP contribution is 2.28. The number of carbonyl (C=O) groups is 1. The zero-order valence-electron chi connectivity index (χ0n) is 14.2. The first kappa shape index (κ1) is 20.8. The second-order valence-electron chi connectivity index (χ2n) is 5.94. The highest BCUT2D eigenvalue weighted by molar-refractivity contribution is 14.0. The number of furan rings is 1. The Balaban J connectivity index is 0.00000288. The van der Waals surface area contributed by atoms with Crippen molar-refractivity contribution in [1.29, 1.82) is 0 Å². The van der Waals surface area contributed by atoms with Crippen molar-refractivity contribution < 1.29 is 14.3 Å². The summed E-state index contributed by atoms with van der Waals surface area (Å²) >= 11 is 0. The van der Waals surface area contributed by atoms with Crippen LogP contribution in [0.25, 0.3) is 0 Å². The third-order valence-corrected chi connectivity index (χ3v) is 3.61. The lowest BCUT2D eigenvalue weighted by molar-refractivity contribution is -0.122. The van der Waals surface area contributed by atoms with E-state index in [1.54, 1.807) is 19.1 Å². The van der Waals surface area contributed by atoms with Gasteiger partial charge in [0, 0.05) is 25.6 Å². The summed E-state index contributed by atoms with van der Waals surface area (Å²) < 4.78 is 5.24. The molecule has 0 aliphatic heterocycles. The van der Waals surface area contributed by atoms with Crippen LogP contribution in [0.3, 0.4) is 0 Å². The largest absolute Gasteiger partial charge is 0.466 e. The molecule has 1 heterocycles. The van der Waals surface area contributed by atoms with Crippen molar-refractivity contribution in [2.75, 3.05) is 26.2 Å². The normalized spacial score (nSPS) is 16.7. The minimum atomic E-state index is -1.16. The molecule has 1 unspecified atom stereocenters. The SMILES string of the molecule is CCNC(=NCC(C)(O)c1ccco1)NCCNC(=O)C1CC1.I. The fourth-order valence-corrected chi connectivity index (χ4v) is 2.09. The number of hydrogen-bond donors (Lipinski definition) is 4. The molecule has 0 saturated heterocycles. The number of rotatable bonds is 8. The Labute approximate surface area is 159 Å². The molecule has 1 aliphatic carbocycles. The number of aliphatic imine (C=N–C) groups is 1. The summed E-state index contributed by atoms with van der Waals surface area (Å²) in [5, 5.41) is 19.5. The number of carbonyl (C=O) groups excluding carboxylic acids is 1. The number of amides is 1. The first-order valence-electron chi connectivity index (χ1n) is 8.09. The van der Waals surface area contributed by atoms with Gasteiger partial charge in [-0.05, 0) is 38.8 Å². The average Bonchev–Trinajstić information content (AvgIpc) is 3.22. The Morgan fingerprint density at radius 3 is 2.67 bits per heavy atom. The minimum Gasteiger partial charge on any atom is -0.466 e. The maximum absolute atomic E-state index is 11.5. The van der Waals surface area contributed by atoms with Crippen LogP contribution in [0.2, 0.25) is 0 Å². The van der Waals surface area contributed by atoms with E-state index in [1.165, 1.54) is 6.26 Å². The van der Waals surface area contributed by atoms with Crippen molar-refractivity contribution in [2.45, 2.75) is 32.3 Å². The fourth-order valence-electron chi connectivity index (χ4n) is 2.09. The number of aliphatic hydroxyl groups is 1. The molecule has 0 aromatic carbocycles. The molecule has 0 radical (unpaired) electrons. The number of halogens is 1. The van der Waals surface area contributed by atoms with Crippen LogP contribution in [0.5, 0.6) is 0 Å². The molecule has 1 aromatic rings. The molecule has 24 heavy (non-hydrogen) atoms. The maximum Gasteiger partial charge on any atom is 0.223 e. The van der Waals surface area contributed by atoms with Crippen LogP contribution < -0.4 is 16.0 Å². The van der Waals surface area contributed by atoms with E-state index in [0.29, 0.717) is 31.4 Å². The van der Waals surface area contributed by atoms with E-state index in [4.69, 9.17) is 4.42 Å². The lowest BCUT2D eigenvalue weighted by Crippen LogP contribution is -2.42. The van der Waals surface area contributed by atoms with Crippen LogP contribution in [0.4, 0.5) is 0 Å². The first-order valence-corrected chi connectivity index (χ1v) is 8.09. The molecule has 7 nitrogen and oxygen atoms in total. The predicted octanol–water partition coefficient (Wildman–Crippen LogP) is 1.19. The van der Waals surface area contributed by atoms with E-state index >= 15 is 0 Å². The molecule has 0 spiro atoms. The topological polar surface area (TPSA) is 98.9 Å². The average molecular weight is 450 g/mol. The summed E-state index contributed by atoms with van der Waals surface area (Å²) in [4.78, 5) is 15.9. The van der Waals surface area contributed by atoms with Crippen LogP contribution in [-0.4, -0.2) is 43.2 Å². The maximum atomic E-state index is 11.5. The summed E-state index contributed by atoms with van der Waals surface area (Å²) in [6.07, 6.45) is 3.54. The van der Waals surface area contributed by atoms with Crippen LogP contribution in [0, 0.1) is 5.92 Å². The molecule has 2 rings (SSSR count). The molecule has 1 amide bonds. The van der Waals surface area contributed by atoms with E-state index in [1.807, 2.05) is 6.92 Å². The third kappa shape index (κ3) is 6.68. The molecular formula is C16H27IN4O3. The van der Waals surface area contributed by atoms with Gasteiger partial charge in [-0.3, -0.25) is 4.79 Å². The highest BCUT2D eigenvalue weighted by Gasteiger charge is 2.29. The molecule has 1 aliphatic rings. The molecule has 1 aromatic heterocycles. The monoisotopic (exact) mass is 450 g/mol. The summed E-state index contributed by atoms with van der Waals surface area (Å²) in [6, 6.07) is 3.46. The van der Waals surface area contributed by atoms with Gasteiger partial charge in [-0.2, -0.15) is 0 Å². The number of guanidine groups is 1. The Hall–Kier alpha value is -1.29. The zero-order valence-corrected chi connectivity index (χ0v) is 16.5. The van der Waals surface area contributed by atoms with Crippen LogP contribution in [0.15, 0.2) is 27.8 Å². The van der Waals surface area contributed by atoms with Crippen molar-refractivity contribution in [2.24, 2.45) is 10.9 Å². The summed E-state index contributed by atoms with van der Waals surface area (Å²) in [5.41, 5.74) is -1.16. The first-order chi connectivity index (χ1) is 11.0. The van der Waals surface area contributed by atoms with Gasteiger partial charge in [0.1, 0.15) is 11.4 Å². The Kier molecular flexibility index (Phi) is 8.54. The molecule has 8 heteroatoms. The van der Waals surface area contributed by atoms with Gasteiger partial charge in [-0.1, -0.05) is 0 Å². The molecule has 0 bridgehead atoms. The zero-order chi connectivity index (χ0) is 16.7. The summed E-state index contributed by atoms with van der Waals surface area (Å²) in [7, 11) is 0. The van der Waals surface area contributed by atoms with Crippen LogP contribution in [0.1, 0.15) is 32.4 Å². The predicted molar refractivity (Wildman–Crippen MR) is 103 cm³/mol. The van der Waals surface area contributed by atoms with Gasteiger partial charge < -0.3 is 25.5 Å². The molecule has 1 fully saturated rings. The lowest BCUT2D eigenvalue weighted by Gasteiger charge is -2.19. The van der Waals surface area contributed by atoms with Crippen molar-refractivity contribution >= 4 is 35.8 Å². The smallest absolute Gasteiger partial charge is 0.223 e. The van der Waals surface area contributed by atoms with Crippen LogP contribution in [-0.2, 0) is 10.4 Å². The van der Waals surface area contributed by atoms with Crippen molar-refractivity contribution in [3.05, 3.63) is 24.2 Å². The van der Waals surface area contributed by atoms with E-state index in [-0.39, 0.29) is 42.3 Å². The molecular weight excluding hydrogens is 423 g/mol. The molecule has 1 atom stereocenters. The quantitative estimate of drug-likeness (QED) is 0.207. The Morgan fingerprint density at radius 2 is 2.08 bits per heavy atom. The van der Waals surface area contributed by atoms with Gasteiger partial charge >= 0.3 is 0 Å². The second-order valence-corrected chi connectivity index (χ2v) is 5.94. The van der Waals surface area contributed by atoms with Gasteiger partial charge in [0.05, 0.1) is 12.8 Å². The summed E-state index contributed by atoms with van der Waals surface area (Å²) in [6.45, 7) is 5.64. The van der Waals surface area contributed by atoms with E-state index in [0.717, 1.165) is 12.8 Å². The van der Waals surface area contributed by atoms with Crippen LogP contribution >= 0.6 is 24.0 Å². The van der Waals surface area contributed by atoms with Gasteiger partial charge in [0.25, 0.3) is 0 Å². The molecule has 1 saturated carbocycles. The number of nitrogens with one attached hydrogen (secondary N) is 3. The van der Waals surface area contributed by atoms with Crippen molar-refractivity contribution in [3.8, 4) is 0 Å². The highest BCUT2D eigenvalue weighted by atomic mass is 127. The summed E-state index contributed by atoms with van der Waals surface area (Å²) in [5.74, 6) is 1.43. The Morgan fingerprint density at radius 1 is 1.38 bits per heavy atom. The van der Waals surface area contributed by atoms with E-state index < -0.39 is 5.60 Å². The number of nitrogens with zero attached hydrogens (tertiary/aromatic N) is 1. The Bertz CT molecular complexity index is 527. The third-order valence-electron chi connectivity index (χ3n) is 3.61. The minimum absolute atomic E-state index is 0. The van der Waals surface area contributed by atoms with Crippen molar-refractivity contribution in [1.82, 2.24) is 16.0 Å². The van der Waals surface area contributed by atoms with Gasteiger partial charge in [-0.25, -0.2) is 4.99 Å². The standard InChI is InChI=1S/C16H26N4O3.HI/c1-3-17-15(19-9-8-18-14(21)12-6-7-12)20-11-16(2,22)13-5-4-10-23-13;/h4-5,10,12,22H,3,6-9,11H2,1-2H3,(H,18,21)(H2,17,19,20);1H. The lowest BCUT2D eigenvalue weighted by atomic mass is 10.0. The van der Waals surface area contributed by atoms with Gasteiger partial charge in [0.2, 0.25) is 5.91 Å². The fraction of sp³-hybridized carbons (Fsp3) is 0.625. The van der Waals surface area contributed by atoms with Crippen molar-refractivity contribution in [3.63, 3.8) is 0 Å². The molecule has 136 valence electrons. The second kappa shape index (κ2) is 9.87. The van der Waals surface area contributed by atoms with E-state index in [2.05, 4.69) is 20.9 Å². The molecule has 4 N–H and O–H groups in total. The van der Waals surface area contributed by atoms with Gasteiger partial charge in [-0.15, -0.1) is 24.0 Å².